The Hall–Kier alpha value is -1.55. The van der Waals surface area contributed by atoms with Crippen LogP contribution in [0, 0.1) is 0 Å². The van der Waals surface area contributed by atoms with Gasteiger partial charge in [0.15, 0.2) is 0 Å². The van der Waals surface area contributed by atoms with Gasteiger partial charge in [-0.2, -0.15) is 0 Å². The first kappa shape index (κ1) is 12.5. The van der Waals surface area contributed by atoms with Crippen molar-refractivity contribution < 1.29 is 9.90 Å². The molecule has 0 aromatic heterocycles. The summed E-state index contributed by atoms with van der Waals surface area (Å²) in [6, 6.07) is 7.05. The smallest absolute Gasteiger partial charge is 0.322 e. The number of carbonyl (C=O) groups is 1. The molecule has 0 amide bonds. The number of nitrogens with one attached hydrogen (secondary N) is 1. The number of benzene rings is 1. The molecule has 0 aliphatic heterocycles. The zero-order valence-corrected chi connectivity index (χ0v) is 9.60. The Morgan fingerprint density at radius 1 is 1.38 bits per heavy atom. The average Bonchev–Trinajstić information content (AvgIpc) is 2.26. The van der Waals surface area contributed by atoms with E-state index in [4.69, 9.17) is 10.8 Å². The number of carboxylic acids is 1. The summed E-state index contributed by atoms with van der Waals surface area (Å²) in [4.78, 5) is 10.5. The van der Waals surface area contributed by atoms with E-state index in [0.29, 0.717) is 5.92 Å². The van der Waals surface area contributed by atoms with E-state index in [-0.39, 0.29) is 6.54 Å². The molecule has 1 aromatic carbocycles. The summed E-state index contributed by atoms with van der Waals surface area (Å²) in [5.41, 5.74) is 7.53. The molecule has 0 bridgehead atoms. The molecule has 0 aliphatic rings. The maximum atomic E-state index is 10.5. The lowest BCUT2D eigenvalue weighted by atomic mass is 10.0. The third kappa shape index (κ3) is 3.55. The summed E-state index contributed by atoms with van der Waals surface area (Å²) in [6.45, 7) is 4.49. The van der Waals surface area contributed by atoms with Crippen LogP contribution in [0.3, 0.4) is 0 Å². The number of anilines is 1. The predicted molar refractivity (Wildman–Crippen MR) is 64.6 cm³/mol. The third-order valence-electron chi connectivity index (χ3n) is 2.42. The zero-order chi connectivity index (χ0) is 12.1. The van der Waals surface area contributed by atoms with E-state index in [2.05, 4.69) is 19.2 Å². The van der Waals surface area contributed by atoms with Crippen LogP contribution in [0.4, 0.5) is 5.69 Å². The van der Waals surface area contributed by atoms with Crippen LogP contribution in [-0.4, -0.2) is 23.7 Å². The fourth-order valence-electron chi connectivity index (χ4n) is 1.30. The average molecular weight is 222 g/mol. The number of rotatable bonds is 5. The molecule has 0 saturated heterocycles. The van der Waals surface area contributed by atoms with E-state index in [1.165, 1.54) is 5.56 Å². The molecule has 0 aliphatic carbocycles. The van der Waals surface area contributed by atoms with Gasteiger partial charge < -0.3 is 16.2 Å². The van der Waals surface area contributed by atoms with Crippen molar-refractivity contribution in [3.8, 4) is 0 Å². The Labute approximate surface area is 95.5 Å². The van der Waals surface area contributed by atoms with Crippen molar-refractivity contribution in [2.45, 2.75) is 25.8 Å². The third-order valence-corrected chi connectivity index (χ3v) is 2.42. The number of aliphatic carboxylic acids is 1. The molecular formula is C12H18N2O2. The molecule has 0 heterocycles. The van der Waals surface area contributed by atoms with E-state index in [1.807, 2.05) is 24.3 Å². The molecule has 1 rings (SSSR count). The van der Waals surface area contributed by atoms with Crippen LogP contribution in [0.15, 0.2) is 24.3 Å². The maximum Gasteiger partial charge on any atom is 0.322 e. The van der Waals surface area contributed by atoms with E-state index < -0.39 is 12.0 Å². The van der Waals surface area contributed by atoms with E-state index >= 15 is 0 Å². The second kappa shape index (κ2) is 5.51. The minimum absolute atomic E-state index is 0.232. The normalized spacial score (nSPS) is 12.5. The fraction of sp³-hybridized carbons (Fsp3) is 0.417. The molecule has 4 nitrogen and oxygen atoms in total. The largest absolute Gasteiger partial charge is 0.480 e. The highest BCUT2D eigenvalue weighted by Crippen LogP contribution is 2.16. The quantitative estimate of drug-likeness (QED) is 0.708. The van der Waals surface area contributed by atoms with Crippen molar-refractivity contribution in [3.63, 3.8) is 0 Å². The van der Waals surface area contributed by atoms with Gasteiger partial charge in [0.05, 0.1) is 0 Å². The Bertz CT molecular complexity index is 347. The highest BCUT2D eigenvalue weighted by Gasteiger charge is 2.10. The van der Waals surface area contributed by atoms with Gasteiger partial charge in [0.25, 0.3) is 0 Å². The Kier molecular flexibility index (Phi) is 4.31. The highest BCUT2D eigenvalue weighted by molar-refractivity contribution is 5.74. The van der Waals surface area contributed by atoms with Crippen LogP contribution >= 0.6 is 0 Å². The van der Waals surface area contributed by atoms with Gasteiger partial charge in [-0.05, 0) is 23.6 Å². The van der Waals surface area contributed by atoms with Gasteiger partial charge in [0.1, 0.15) is 6.04 Å². The van der Waals surface area contributed by atoms with Crippen LogP contribution in [0.2, 0.25) is 0 Å². The summed E-state index contributed by atoms with van der Waals surface area (Å²) < 4.78 is 0. The molecule has 1 unspecified atom stereocenters. The minimum atomic E-state index is -0.994. The summed E-state index contributed by atoms with van der Waals surface area (Å²) >= 11 is 0. The van der Waals surface area contributed by atoms with Gasteiger partial charge in [-0.25, -0.2) is 0 Å². The Balaban J connectivity index is 2.52. The van der Waals surface area contributed by atoms with Gasteiger partial charge in [-0.15, -0.1) is 0 Å². The summed E-state index contributed by atoms with van der Waals surface area (Å²) in [5.74, 6) is -0.498. The van der Waals surface area contributed by atoms with Gasteiger partial charge in [0, 0.05) is 12.2 Å². The zero-order valence-electron chi connectivity index (χ0n) is 9.60. The molecule has 4 N–H and O–H groups in total. The van der Waals surface area contributed by atoms with Crippen LogP contribution in [0.25, 0.3) is 0 Å². The van der Waals surface area contributed by atoms with Gasteiger partial charge in [-0.3, -0.25) is 4.79 Å². The van der Waals surface area contributed by atoms with Gasteiger partial charge in [0.2, 0.25) is 0 Å². The lowest BCUT2D eigenvalue weighted by Gasteiger charge is -2.11. The SMILES string of the molecule is CC(C)c1ccc(NCC(N)C(=O)O)cc1. The Morgan fingerprint density at radius 3 is 2.38 bits per heavy atom. The van der Waals surface area contributed by atoms with Crippen molar-refractivity contribution in [1.82, 2.24) is 0 Å². The molecular weight excluding hydrogens is 204 g/mol. The molecule has 16 heavy (non-hydrogen) atoms. The van der Waals surface area contributed by atoms with Crippen molar-refractivity contribution >= 4 is 11.7 Å². The highest BCUT2D eigenvalue weighted by atomic mass is 16.4. The molecule has 0 saturated carbocycles. The molecule has 0 fully saturated rings. The summed E-state index contributed by atoms with van der Waals surface area (Å²) in [5, 5.41) is 11.6. The minimum Gasteiger partial charge on any atom is -0.480 e. The second-order valence-electron chi connectivity index (χ2n) is 4.10. The first-order chi connectivity index (χ1) is 7.50. The summed E-state index contributed by atoms with van der Waals surface area (Å²) in [7, 11) is 0. The van der Waals surface area contributed by atoms with E-state index in [9.17, 15) is 4.79 Å². The molecule has 0 spiro atoms. The van der Waals surface area contributed by atoms with E-state index in [0.717, 1.165) is 5.69 Å². The molecule has 4 heteroatoms. The first-order valence-corrected chi connectivity index (χ1v) is 5.33. The van der Waals surface area contributed by atoms with Gasteiger partial charge >= 0.3 is 5.97 Å². The van der Waals surface area contributed by atoms with Crippen LogP contribution in [-0.2, 0) is 4.79 Å². The number of hydrogen-bond acceptors (Lipinski definition) is 3. The lowest BCUT2D eigenvalue weighted by Crippen LogP contribution is -2.36. The standard InChI is InChI=1S/C12H18N2O2/c1-8(2)9-3-5-10(6-4-9)14-7-11(13)12(15)16/h3-6,8,11,14H,7,13H2,1-2H3,(H,15,16). The van der Waals surface area contributed by atoms with Crippen molar-refractivity contribution in [2.75, 3.05) is 11.9 Å². The van der Waals surface area contributed by atoms with E-state index in [1.54, 1.807) is 0 Å². The second-order valence-corrected chi connectivity index (χ2v) is 4.10. The molecule has 0 radical (unpaired) electrons. The molecule has 1 aromatic rings. The van der Waals surface area contributed by atoms with Crippen molar-refractivity contribution in [1.29, 1.82) is 0 Å². The topological polar surface area (TPSA) is 75.3 Å². The first-order valence-electron chi connectivity index (χ1n) is 5.33. The lowest BCUT2D eigenvalue weighted by molar-refractivity contribution is -0.138. The van der Waals surface area contributed by atoms with Crippen LogP contribution < -0.4 is 11.1 Å². The van der Waals surface area contributed by atoms with Crippen molar-refractivity contribution in [3.05, 3.63) is 29.8 Å². The maximum absolute atomic E-state index is 10.5. The monoisotopic (exact) mass is 222 g/mol. The fourth-order valence-corrected chi connectivity index (χ4v) is 1.30. The van der Waals surface area contributed by atoms with Crippen LogP contribution in [0.1, 0.15) is 25.3 Å². The number of carboxylic acid groups (broad SMARTS) is 1. The van der Waals surface area contributed by atoms with Crippen molar-refractivity contribution in [2.24, 2.45) is 5.73 Å². The number of nitrogens with two attached hydrogens (primary N) is 1. The van der Waals surface area contributed by atoms with Crippen LogP contribution in [0.5, 0.6) is 0 Å². The molecule has 88 valence electrons. The van der Waals surface area contributed by atoms with Gasteiger partial charge in [-0.1, -0.05) is 26.0 Å². The summed E-state index contributed by atoms with van der Waals surface area (Å²) in [6.07, 6.45) is 0. The predicted octanol–water partition coefficient (Wildman–Crippen LogP) is 1.63. The Morgan fingerprint density at radius 2 is 1.94 bits per heavy atom. The number of hydrogen-bond donors (Lipinski definition) is 3. The molecule has 1 atom stereocenters.